The number of para-hydroxylation sites is 1. The highest BCUT2D eigenvalue weighted by Crippen LogP contribution is 2.34. The predicted octanol–water partition coefficient (Wildman–Crippen LogP) is 2.58. The molecule has 0 bridgehead atoms. The standard InChI is InChI=1S/C13H14ClN3O/c14-7-13-15-9-16-17(13)8-10-5-6-18-12-4-2-1-3-11(10)12/h1-4,9-10H,5-8H2. The maximum Gasteiger partial charge on any atom is 0.141 e. The molecule has 0 fully saturated rings. The third-order valence-corrected chi connectivity index (χ3v) is 3.53. The lowest BCUT2D eigenvalue weighted by atomic mass is 9.93. The van der Waals surface area contributed by atoms with Gasteiger partial charge < -0.3 is 4.74 Å². The average molecular weight is 264 g/mol. The Morgan fingerprint density at radius 3 is 3.17 bits per heavy atom. The first kappa shape index (κ1) is 11.5. The summed E-state index contributed by atoms with van der Waals surface area (Å²) in [7, 11) is 0. The number of benzene rings is 1. The van der Waals surface area contributed by atoms with Crippen molar-refractivity contribution >= 4 is 11.6 Å². The fraction of sp³-hybridized carbons (Fsp3) is 0.385. The first-order chi connectivity index (χ1) is 8.88. The molecule has 1 aliphatic rings. The van der Waals surface area contributed by atoms with Crippen molar-refractivity contribution in [1.29, 1.82) is 0 Å². The SMILES string of the molecule is ClCc1ncnn1CC1CCOc2ccccc21. The second-order valence-corrected chi connectivity index (χ2v) is 4.63. The van der Waals surface area contributed by atoms with Crippen molar-refractivity contribution in [3.8, 4) is 5.75 Å². The minimum absolute atomic E-state index is 0.394. The second-order valence-electron chi connectivity index (χ2n) is 4.36. The number of ether oxygens (including phenoxy) is 1. The zero-order chi connectivity index (χ0) is 12.4. The molecule has 1 aromatic heterocycles. The van der Waals surface area contributed by atoms with E-state index < -0.39 is 0 Å². The third kappa shape index (κ3) is 2.08. The van der Waals surface area contributed by atoms with Crippen LogP contribution in [-0.4, -0.2) is 21.4 Å². The van der Waals surface area contributed by atoms with Crippen LogP contribution < -0.4 is 4.74 Å². The lowest BCUT2D eigenvalue weighted by Crippen LogP contribution is -2.20. The van der Waals surface area contributed by atoms with Gasteiger partial charge >= 0.3 is 0 Å². The minimum atomic E-state index is 0.394. The molecule has 0 aliphatic carbocycles. The molecule has 18 heavy (non-hydrogen) atoms. The van der Waals surface area contributed by atoms with Crippen molar-refractivity contribution in [3.63, 3.8) is 0 Å². The zero-order valence-corrected chi connectivity index (χ0v) is 10.7. The van der Waals surface area contributed by atoms with E-state index in [0.717, 1.165) is 31.1 Å². The molecular weight excluding hydrogens is 250 g/mol. The molecule has 2 aromatic rings. The Morgan fingerprint density at radius 1 is 1.39 bits per heavy atom. The maximum absolute atomic E-state index is 5.84. The van der Waals surface area contributed by atoms with Gasteiger partial charge in [-0.05, 0) is 18.1 Å². The molecule has 0 N–H and O–H groups in total. The molecule has 94 valence electrons. The zero-order valence-electron chi connectivity index (χ0n) is 9.92. The van der Waals surface area contributed by atoms with Crippen molar-refractivity contribution < 1.29 is 4.74 Å². The van der Waals surface area contributed by atoms with Crippen molar-refractivity contribution in [2.75, 3.05) is 6.61 Å². The van der Waals surface area contributed by atoms with Gasteiger partial charge in [-0.2, -0.15) is 5.10 Å². The van der Waals surface area contributed by atoms with E-state index in [-0.39, 0.29) is 0 Å². The largest absolute Gasteiger partial charge is 0.493 e. The highest BCUT2D eigenvalue weighted by atomic mass is 35.5. The number of fused-ring (bicyclic) bond motifs is 1. The average Bonchev–Trinajstić information content (AvgIpc) is 2.86. The summed E-state index contributed by atoms with van der Waals surface area (Å²) in [5.74, 6) is 2.62. The van der Waals surface area contributed by atoms with E-state index in [1.165, 1.54) is 5.56 Å². The number of hydrogen-bond acceptors (Lipinski definition) is 3. The van der Waals surface area contributed by atoms with Gasteiger partial charge in [0.25, 0.3) is 0 Å². The van der Waals surface area contributed by atoms with E-state index in [1.807, 2.05) is 22.9 Å². The van der Waals surface area contributed by atoms with Crippen LogP contribution in [0.1, 0.15) is 23.7 Å². The molecule has 0 spiro atoms. The van der Waals surface area contributed by atoms with E-state index in [9.17, 15) is 0 Å². The first-order valence-corrected chi connectivity index (χ1v) is 6.56. The van der Waals surface area contributed by atoms with Crippen LogP contribution in [-0.2, 0) is 12.4 Å². The van der Waals surface area contributed by atoms with Gasteiger partial charge in [-0.3, -0.25) is 0 Å². The van der Waals surface area contributed by atoms with Crippen LogP contribution in [0.25, 0.3) is 0 Å². The lowest BCUT2D eigenvalue weighted by molar-refractivity contribution is 0.255. The highest BCUT2D eigenvalue weighted by Gasteiger charge is 2.22. The fourth-order valence-corrected chi connectivity index (χ4v) is 2.57. The number of hydrogen-bond donors (Lipinski definition) is 0. The summed E-state index contributed by atoms with van der Waals surface area (Å²) in [6.07, 6.45) is 2.56. The Kier molecular flexibility index (Phi) is 3.19. The van der Waals surface area contributed by atoms with E-state index >= 15 is 0 Å². The molecule has 1 atom stereocenters. The van der Waals surface area contributed by atoms with E-state index in [1.54, 1.807) is 6.33 Å². The van der Waals surface area contributed by atoms with Gasteiger partial charge in [0, 0.05) is 5.92 Å². The quantitative estimate of drug-likeness (QED) is 0.799. The Morgan fingerprint density at radius 2 is 2.28 bits per heavy atom. The molecule has 1 unspecified atom stereocenters. The third-order valence-electron chi connectivity index (χ3n) is 3.29. The molecule has 0 saturated heterocycles. The number of halogens is 1. The van der Waals surface area contributed by atoms with Crippen molar-refractivity contribution in [2.45, 2.75) is 24.8 Å². The predicted molar refractivity (Wildman–Crippen MR) is 68.9 cm³/mol. The second kappa shape index (κ2) is 4.98. The molecule has 4 nitrogen and oxygen atoms in total. The molecule has 0 saturated carbocycles. The summed E-state index contributed by atoms with van der Waals surface area (Å²) in [6, 6.07) is 8.19. The van der Waals surface area contributed by atoms with Gasteiger partial charge in [-0.1, -0.05) is 18.2 Å². The number of alkyl halides is 1. The first-order valence-electron chi connectivity index (χ1n) is 6.03. The topological polar surface area (TPSA) is 39.9 Å². The summed E-state index contributed by atoms with van der Waals surface area (Å²) < 4.78 is 7.55. The molecule has 0 radical (unpaired) electrons. The van der Waals surface area contributed by atoms with Gasteiger partial charge in [0.15, 0.2) is 0 Å². The van der Waals surface area contributed by atoms with Crippen molar-refractivity contribution in [2.24, 2.45) is 0 Å². The monoisotopic (exact) mass is 263 g/mol. The Labute approximate surface area is 111 Å². The fourth-order valence-electron chi connectivity index (χ4n) is 2.36. The number of rotatable bonds is 3. The smallest absolute Gasteiger partial charge is 0.141 e. The molecule has 1 aromatic carbocycles. The van der Waals surface area contributed by atoms with Crippen LogP contribution >= 0.6 is 11.6 Å². The molecule has 3 rings (SSSR count). The summed E-state index contributed by atoms with van der Waals surface area (Å²) in [5, 5.41) is 4.23. The summed E-state index contributed by atoms with van der Waals surface area (Å²) in [5.41, 5.74) is 1.25. The Balaban J connectivity index is 1.86. The Bertz CT molecular complexity index is 541. The van der Waals surface area contributed by atoms with E-state index in [4.69, 9.17) is 16.3 Å². The van der Waals surface area contributed by atoms with Gasteiger partial charge in [0.2, 0.25) is 0 Å². The van der Waals surface area contributed by atoms with Crippen LogP contribution in [0.2, 0.25) is 0 Å². The van der Waals surface area contributed by atoms with Crippen LogP contribution in [0.5, 0.6) is 5.75 Å². The summed E-state index contributed by atoms with van der Waals surface area (Å²) in [4.78, 5) is 4.14. The molecular formula is C13H14ClN3O. The van der Waals surface area contributed by atoms with Crippen LogP contribution in [0.4, 0.5) is 0 Å². The van der Waals surface area contributed by atoms with Gasteiger partial charge in [0.05, 0.1) is 19.0 Å². The molecule has 0 amide bonds. The van der Waals surface area contributed by atoms with E-state index in [2.05, 4.69) is 16.1 Å². The number of aromatic nitrogens is 3. The molecule has 2 heterocycles. The van der Waals surface area contributed by atoms with Gasteiger partial charge in [0.1, 0.15) is 17.9 Å². The number of nitrogens with zero attached hydrogens (tertiary/aromatic N) is 3. The normalized spacial score (nSPS) is 18.2. The van der Waals surface area contributed by atoms with Gasteiger partial charge in [-0.25, -0.2) is 9.67 Å². The maximum atomic E-state index is 5.84. The van der Waals surface area contributed by atoms with Crippen LogP contribution in [0.3, 0.4) is 0 Å². The summed E-state index contributed by atoms with van der Waals surface area (Å²) in [6.45, 7) is 1.56. The van der Waals surface area contributed by atoms with Crippen LogP contribution in [0, 0.1) is 0 Å². The lowest BCUT2D eigenvalue weighted by Gasteiger charge is -2.25. The van der Waals surface area contributed by atoms with Crippen molar-refractivity contribution in [3.05, 3.63) is 42.0 Å². The van der Waals surface area contributed by atoms with Gasteiger partial charge in [-0.15, -0.1) is 11.6 Å². The summed E-state index contributed by atoms with van der Waals surface area (Å²) >= 11 is 5.84. The van der Waals surface area contributed by atoms with Crippen molar-refractivity contribution in [1.82, 2.24) is 14.8 Å². The van der Waals surface area contributed by atoms with Crippen LogP contribution in [0.15, 0.2) is 30.6 Å². The Hall–Kier alpha value is -1.55. The highest BCUT2D eigenvalue weighted by molar-refractivity contribution is 6.16. The molecule has 5 heteroatoms. The molecule has 1 aliphatic heterocycles. The van der Waals surface area contributed by atoms with E-state index in [0.29, 0.717) is 11.8 Å². The minimum Gasteiger partial charge on any atom is -0.493 e.